The van der Waals surface area contributed by atoms with Gasteiger partial charge in [-0.05, 0) is 42.7 Å². The largest absolute Gasteiger partial charge is 0.497 e. The predicted molar refractivity (Wildman–Crippen MR) is 97.9 cm³/mol. The summed E-state index contributed by atoms with van der Waals surface area (Å²) >= 11 is 0. The highest BCUT2D eigenvalue weighted by Crippen LogP contribution is 2.16. The lowest BCUT2D eigenvalue weighted by Gasteiger charge is -2.13. The van der Waals surface area contributed by atoms with Crippen LogP contribution < -0.4 is 15.9 Å². The first kappa shape index (κ1) is 16.8. The summed E-state index contributed by atoms with van der Waals surface area (Å²) < 4.78 is 8.04. The summed E-state index contributed by atoms with van der Waals surface area (Å²) in [5.74, 6) is 0.717. The van der Waals surface area contributed by atoms with Crippen LogP contribution in [0.3, 0.4) is 0 Å². The van der Waals surface area contributed by atoms with Crippen molar-refractivity contribution in [2.24, 2.45) is 0 Å². The number of benzene rings is 2. The van der Waals surface area contributed by atoms with E-state index in [1.807, 2.05) is 56.3 Å². The van der Waals surface area contributed by atoms with Gasteiger partial charge in [-0.15, -0.1) is 0 Å². The average molecular weight is 336 g/mol. The first-order valence-corrected chi connectivity index (χ1v) is 8.03. The second kappa shape index (κ2) is 6.81. The Morgan fingerprint density at radius 1 is 0.920 bits per heavy atom. The van der Waals surface area contributed by atoms with Gasteiger partial charge in [0.2, 0.25) is 0 Å². The molecule has 0 bridgehead atoms. The minimum absolute atomic E-state index is 0.318. The SMILES string of the molecule is COc1cccc(Cn2ccn(-c3c(C)cccc3C)c(=O)c2=O)c1. The van der Waals surface area contributed by atoms with E-state index in [1.54, 1.807) is 19.5 Å². The second-order valence-electron chi connectivity index (χ2n) is 6.00. The van der Waals surface area contributed by atoms with Gasteiger partial charge in [0.05, 0.1) is 19.3 Å². The summed E-state index contributed by atoms with van der Waals surface area (Å²) in [6.07, 6.45) is 3.30. The highest BCUT2D eigenvalue weighted by Gasteiger charge is 2.11. The third-order valence-electron chi connectivity index (χ3n) is 4.23. The highest BCUT2D eigenvalue weighted by molar-refractivity contribution is 5.46. The molecular formula is C20H20N2O3. The van der Waals surface area contributed by atoms with Gasteiger partial charge in [0, 0.05) is 12.4 Å². The van der Waals surface area contributed by atoms with E-state index in [0.717, 1.165) is 28.1 Å². The lowest BCUT2D eigenvalue weighted by atomic mass is 10.1. The van der Waals surface area contributed by atoms with Crippen molar-refractivity contribution in [3.05, 3.63) is 92.3 Å². The minimum Gasteiger partial charge on any atom is -0.497 e. The third kappa shape index (κ3) is 3.26. The molecule has 5 heteroatoms. The Balaban J connectivity index is 2.04. The molecule has 0 amide bonds. The minimum atomic E-state index is -0.553. The van der Waals surface area contributed by atoms with E-state index in [4.69, 9.17) is 4.74 Å². The van der Waals surface area contributed by atoms with Crippen molar-refractivity contribution < 1.29 is 4.74 Å². The van der Waals surface area contributed by atoms with Crippen LogP contribution in [0.15, 0.2) is 64.4 Å². The molecule has 0 unspecified atom stereocenters. The molecule has 3 rings (SSSR count). The first-order chi connectivity index (χ1) is 12.0. The zero-order valence-electron chi connectivity index (χ0n) is 14.5. The number of aromatic nitrogens is 2. The molecule has 0 saturated heterocycles. The fourth-order valence-electron chi connectivity index (χ4n) is 2.96. The van der Waals surface area contributed by atoms with E-state index in [2.05, 4.69) is 0 Å². The number of rotatable bonds is 4. The number of hydrogen-bond acceptors (Lipinski definition) is 3. The zero-order valence-corrected chi connectivity index (χ0v) is 14.5. The van der Waals surface area contributed by atoms with Crippen LogP contribution in [-0.2, 0) is 6.54 Å². The molecule has 0 fully saturated rings. The Labute approximate surface area is 145 Å². The highest BCUT2D eigenvalue weighted by atomic mass is 16.5. The van der Waals surface area contributed by atoms with E-state index in [-0.39, 0.29) is 0 Å². The average Bonchev–Trinajstić information content (AvgIpc) is 2.61. The molecule has 0 saturated carbocycles. The van der Waals surface area contributed by atoms with Crippen LogP contribution in [0.2, 0.25) is 0 Å². The van der Waals surface area contributed by atoms with Gasteiger partial charge >= 0.3 is 11.1 Å². The van der Waals surface area contributed by atoms with Crippen molar-refractivity contribution in [3.8, 4) is 11.4 Å². The Hall–Kier alpha value is -3.08. The lowest BCUT2D eigenvalue weighted by molar-refractivity contribution is 0.414. The van der Waals surface area contributed by atoms with E-state index in [0.29, 0.717) is 6.54 Å². The Morgan fingerprint density at radius 3 is 2.28 bits per heavy atom. The van der Waals surface area contributed by atoms with Gasteiger partial charge in [-0.25, -0.2) is 0 Å². The van der Waals surface area contributed by atoms with Crippen LogP contribution in [-0.4, -0.2) is 16.2 Å². The van der Waals surface area contributed by atoms with Gasteiger partial charge in [0.25, 0.3) is 0 Å². The maximum absolute atomic E-state index is 12.6. The fourth-order valence-corrected chi connectivity index (χ4v) is 2.96. The van der Waals surface area contributed by atoms with Gasteiger partial charge in [-0.3, -0.25) is 14.2 Å². The molecule has 0 N–H and O–H groups in total. The molecular weight excluding hydrogens is 316 g/mol. The summed E-state index contributed by atoms with van der Waals surface area (Å²) in [5.41, 5.74) is 2.46. The van der Waals surface area contributed by atoms with Crippen LogP contribution in [0.4, 0.5) is 0 Å². The fraction of sp³-hybridized carbons (Fsp3) is 0.200. The number of nitrogens with zero attached hydrogens (tertiary/aromatic N) is 2. The van der Waals surface area contributed by atoms with Gasteiger partial charge in [0.1, 0.15) is 5.75 Å². The van der Waals surface area contributed by atoms with Crippen molar-refractivity contribution in [2.75, 3.05) is 7.11 Å². The molecule has 0 aliphatic heterocycles. The van der Waals surface area contributed by atoms with Crippen LogP contribution in [0, 0.1) is 13.8 Å². The molecule has 0 aliphatic carbocycles. The van der Waals surface area contributed by atoms with E-state index >= 15 is 0 Å². The van der Waals surface area contributed by atoms with Gasteiger partial charge in [-0.1, -0.05) is 30.3 Å². The standard InChI is InChI=1S/C20H20N2O3/c1-14-6-4-7-15(2)18(14)22-11-10-21(19(23)20(22)24)13-16-8-5-9-17(12-16)25-3/h4-12H,13H2,1-3H3. The van der Waals surface area contributed by atoms with Crippen LogP contribution in [0.25, 0.3) is 5.69 Å². The number of methoxy groups -OCH3 is 1. The Morgan fingerprint density at radius 2 is 1.60 bits per heavy atom. The molecule has 0 aliphatic rings. The lowest BCUT2D eigenvalue weighted by Crippen LogP contribution is -2.40. The topological polar surface area (TPSA) is 53.2 Å². The zero-order chi connectivity index (χ0) is 18.0. The molecule has 128 valence electrons. The quantitative estimate of drug-likeness (QED) is 0.688. The van der Waals surface area contributed by atoms with Crippen LogP contribution >= 0.6 is 0 Å². The van der Waals surface area contributed by atoms with Crippen molar-refractivity contribution in [1.29, 1.82) is 0 Å². The maximum atomic E-state index is 12.6. The van der Waals surface area contributed by atoms with Crippen LogP contribution in [0.1, 0.15) is 16.7 Å². The van der Waals surface area contributed by atoms with Crippen molar-refractivity contribution in [1.82, 2.24) is 9.13 Å². The molecule has 0 atom stereocenters. The van der Waals surface area contributed by atoms with Crippen molar-refractivity contribution in [3.63, 3.8) is 0 Å². The van der Waals surface area contributed by atoms with Gasteiger partial charge in [0.15, 0.2) is 0 Å². The number of hydrogen-bond donors (Lipinski definition) is 0. The Bertz CT molecular complexity index is 1010. The van der Waals surface area contributed by atoms with Gasteiger partial charge in [-0.2, -0.15) is 0 Å². The number of aryl methyl sites for hydroxylation is 2. The molecule has 0 radical (unpaired) electrons. The third-order valence-corrected chi connectivity index (χ3v) is 4.23. The van der Waals surface area contributed by atoms with E-state index in [9.17, 15) is 9.59 Å². The number of para-hydroxylation sites is 1. The molecule has 25 heavy (non-hydrogen) atoms. The summed E-state index contributed by atoms with van der Waals surface area (Å²) in [4.78, 5) is 25.2. The van der Waals surface area contributed by atoms with Crippen LogP contribution in [0.5, 0.6) is 5.75 Å². The summed E-state index contributed by atoms with van der Waals surface area (Å²) in [7, 11) is 1.59. The first-order valence-electron chi connectivity index (χ1n) is 8.03. The molecule has 1 heterocycles. The Kier molecular flexibility index (Phi) is 4.57. The maximum Gasteiger partial charge on any atom is 0.321 e. The van der Waals surface area contributed by atoms with Crippen molar-refractivity contribution in [2.45, 2.75) is 20.4 Å². The molecule has 2 aromatic carbocycles. The molecule has 3 aromatic rings. The smallest absolute Gasteiger partial charge is 0.321 e. The monoisotopic (exact) mass is 336 g/mol. The normalized spacial score (nSPS) is 10.7. The summed E-state index contributed by atoms with van der Waals surface area (Å²) in [5, 5.41) is 0. The summed E-state index contributed by atoms with van der Waals surface area (Å²) in [6, 6.07) is 13.2. The van der Waals surface area contributed by atoms with Crippen molar-refractivity contribution >= 4 is 0 Å². The number of ether oxygens (including phenoxy) is 1. The molecule has 5 nitrogen and oxygen atoms in total. The molecule has 1 aromatic heterocycles. The molecule has 0 spiro atoms. The second-order valence-corrected chi connectivity index (χ2v) is 6.00. The summed E-state index contributed by atoms with van der Waals surface area (Å²) in [6.45, 7) is 4.17. The van der Waals surface area contributed by atoms with E-state index in [1.165, 1.54) is 9.13 Å². The van der Waals surface area contributed by atoms with E-state index < -0.39 is 11.1 Å². The predicted octanol–water partition coefficient (Wildman–Crippen LogP) is 2.67. The van der Waals surface area contributed by atoms with Gasteiger partial charge < -0.3 is 9.30 Å².